The molecule has 1 atom stereocenters. The van der Waals surface area contributed by atoms with E-state index in [4.69, 9.17) is 27.9 Å². The Balaban J connectivity index is 2.93. The second-order valence-corrected chi connectivity index (χ2v) is 6.21. The Morgan fingerprint density at radius 3 is 2.35 bits per heavy atom. The van der Waals surface area contributed by atoms with Gasteiger partial charge in [0.2, 0.25) is 0 Å². The highest BCUT2D eigenvalue weighted by Gasteiger charge is 2.31. The smallest absolute Gasteiger partial charge is 0.321 e. The van der Waals surface area contributed by atoms with Crippen LogP contribution in [0.3, 0.4) is 0 Å². The van der Waals surface area contributed by atoms with Crippen molar-refractivity contribution in [1.82, 2.24) is 0 Å². The van der Waals surface area contributed by atoms with Crippen LogP contribution in [-0.4, -0.2) is 22.6 Å². The first kappa shape index (κ1) is 16.8. The minimum absolute atomic E-state index is 0.0414. The van der Waals surface area contributed by atoms with Crippen LogP contribution in [0.25, 0.3) is 0 Å². The number of ether oxygens (including phenoxy) is 1. The molecule has 0 aliphatic carbocycles. The topological polar surface area (TPSA) is 63.6 Å². The Labute approximate surface area is 127 Å². The van der Waals surface area contributed by atoms with Gasteiger partial charge in [-0.2, -0.15) is 0 Å². The van der Waals surface area contributed by atoms with E-state index in [1.807, 2.05) is 0 Å². The summed E-state index contributed by atoms with van der Waals surface area (Å²) in [4.78, 5) is 23.2. The summed E-state index contributed by atoms with van der Waals surface area (Å²) < 4.78 is 5.11. The number of hydrogen-bond donors (Lipinski definition) is 1. The van der Waals surface area contributed by atoms with E-state index in [0.717, 1.165) is 0 Å². The number of benzene rings is 1. The lowest BCUT2D eigenvalue weighted by atomic mass is 9.99. The van der Waals surface area contributed by atoms with Crippen molar-refractivity contribution >= 4 is 35.1 Å². The lowest BCUT2D eigenvalue weighted by molar-refractivity contribution is -0.166. The quantitative estimate of drug-likeness (QED) is 0.680. The van der Waals surface area contributed by atoms with Crippen molar-refractivity contribution in [2.24, 2.45) is 5.92 Å². The normalized spacial score (nSPS) is 12.8. The monoisotopic (exact) mass is 318 g/mol. The molecule has 110 valence electrons. The van der Waals surface area contributed by atoms with Crippen LogP contribution in [0.1, 0.15) is 26.3 Å². The van der Waals surface area contributed by atoms with Crippen LogP contribution in [0.2, 0.25) is 10.0 Å². The molecule has 1 N–H and O–H groups in total. The summed E-state index contributed by atoms with van der Waals surface area (Å²) >= 11 is 11.8. The van der Waals surface area contributed by atoms with Gasteiger partial charge in [-0.1, -0.05) is 29.3 Å². The Morgan fingerprint density at radius 2 is 1.90 bits per heavy atom. The second kappa shape index (κ2) is 6.46. The van der Waals surface area contributed by atoms with Crippen LogP contribution in [0.15, 0.2) is 18.2 Å². The number of rotatable bonds is 4. The van der Waals surface area contributed by atoms with E-state index in [0.29, 0.717) is 15.6 Å². The van der Waals surface area contributed by atoms with Gasteiger partial charge >= 0.3 is 11.9 Å². The highest BCUT2D eigenvalue weighted by Crippen LogP contribution is 2.24. The van der Waals surface area contributed by atoms with E-state index in [2.05, 4.69) is 0 Å². The number of aliphatic carboxylic acids is 1. The Bertz CT molecular complexity index is 520. The molecule has 6 heteroatoms. The van der Waals surface area contributed by atoms with E-state index < -0.39 is 23.5 Å². The highest BCUT2D eigenvalue weighted by molar-refractivity contribution is 6.35. The summed E-state index contributed by atoms with van der Waals surface area (Å²) in [7, 11) is 0. The molecular weight excluding hydrogens is 303 g/mol. The average molecular weight is 319 g/mol. The van der Waals surface area contributed by atoms with Crippen molar-refractivity contribution in [1.29, 1.82) is 0 Å². The van der Waals surface area contributed by atoms with Crippen molar-refractivity contribution < 1.29 is 19.4 Å². The molecule has 1 aromatic rings. The van der Waals surface area contributed by atoms with Crippen molar-refractivity contribution in [3.8, 4) is 0 Å². The lowest BCUT2D eigenvalue weighted by Gasteiger charge is -2.22. The Hall–Kier alpha value is -1.26. The fraction of sp³-hybridized carbons (Fsp3) is 0.429. The molecular formula is C14H16Cl2O4. The first-order valence-corrected chi connectivity index (χ1v) is 6.75. The maximum absolute atomic E-state index is 11.9. The van der Waals surface area contributed by atoms with Crippen LogP contribution in [0.4, 0.5) is 0 Å². The second-order valence-electron chi connectivity index (χ2n) is 5.36. The van der Waals surface area contributed by atoms with Gasteiger partial charge in [-0.3, -0.25) is 9.59 Å². The van der Waals surface area contributed by atoms with E-state index in [1.165, 1.54) is 6.07 Å². The number of carboxylic acids is 1. The van der Waals surface area contributed by atoms with Gasteiger partial charge in [0.25, 0.3) is 0 Å². The molecule has 1 aromatic carbocycles. The van der Waals surface area contributed by atoms with Gasteiger partial charge in [-0.25, -0.2) is 0 Å². The number of hydrogen-bond acceptors (Lipinski definition) is 3. The third-order valence-electron chi connectivity index (χ3n) is 2.43. The minimum atomic E-state index is -1.30. The molecule has 1 rings (SSSR count). The van der Waals surface area contributed by atoms with E-state index in [9.17, 15) is 14.7 Å². The zero-order valence-corrected chi connectivity index (χ0v) is 13.0. The predicted molar refractivity (Wildman–Crippen MR) is 77.1 cm³/mol. The summed E-state index contributed by atoms with van der Waals surface area (Å²) in [6.07, 6.45) is -0.0414. The number of carboxylic acid groups (broad SMARTS) is 1. The summed E-state index contributed by atoms with van der Waals surface area (Å²) in [5.74, 6) is -3.32. The van der Waals surface area contributed by atoms with E-state index >= 15 is 0 Å². The van der Waals surface area contributed by atoms with Crippen LogP contribution < -0.4 is 0 Å². The molecule has 0 radical (unpaired) electrons. The van der Waals surface area contributed by atoms with Gasteiger partial charge in [0.1, 0.15) is 5.60 Å². The largest absolute Gasteiger partial charge is 0.481 e. The first-order valence-electron chi connectivity index (χ1n) is 6.00. The minimum Gasteiger partial charge on any atom is -0.481 e. The maximum Gasteiger partial charge on any atom is 0.321 e. The van der Waals surface area contributed by atoms with E-state index in [-0.39, 0.29) is 6.42 Å². The molecule has 0 aliphatic rings. The summed E-state index contributed by atoms with van der Waals surface area (Å²) in [6, 6.07) is 4.70. The Kier molecular flexibility index (Phi) is 5.42. The number of carbonyl (C=O) groups is 2. The summed E-state index contributed by atoms with van der Waals surface area (Å²) in [5, 5.41) is 9.95. The third-order valence-corrected chi connectivity index (χ3v) is 3.02. The first-order chi connectivity index (χ1) is 9.10. The van der Waals surface area contributed by atoms with Crippen molar-refractivity contribution in [2.45, 2.75) is 32.8 Å². The highest BCUT2D eigenvalue weighted by atomic mass is 35.5. The third kappa shape index (κ3) is 5.02. The lowest BCUT2D eigenvalue weighted by Crippen LogP contribution is -2.34. The van der Waals surface area contributed by atoms with Crippen molar-refractivity contribution in [3.63, 3.8) is 0 Å². The fourth-order valence-electron chi connectivity index (χ4n) is 1.55. The molecule has 4 nitrogen and oxygen atoms in total. The van der Waals surface area contributed by atoms with Crippen molar-refractivity contribution in [2.75, 3.05) is 0 Å². The molecule has 0 spiro atoms. The molecule has 20 heavy (non-hydrogen) atoms. The SMILES string of the molecule is CC(C)(C)OC(=O)[C@@H](Cc1ccc(Cl)cc1Cl)C(=O)O. The molecule has 0 saturated carbocycles. The average Bonchev–Trinajstić information content (AvgIpc) is 2.24. The standard InChI is InChI=1S/C14H16Cl2O4/c1-14(2,3)20-13(19)10(12(17)18)6-8-4-5-9(15)7-11(8)16/h4-5,7,10H,6H2,1-3H3,(H,17,18)/t10-/m0/s1. The van der Waals surface area contributed by atoms with Crippen LogP contribution >= 0.6 is 23.2 Å². The van der Waals surface area contributed by atoms with Gasteiger partial charge in [-0.15, -0.1) is 0 Å². The molecule has 0 bridgehead atoms. The van der Waals surface area contributed by atoms with Crippen molar-refractivity contribution in [3.05, 3.63) is 33.8 Å². The molecule has 0 heterocycles. The van der Waals surface area contributed by atoms with Gasteiger partial charge in [-0.05, 0) is 44.9 Å². The number of halogens is 2. The number of esters is 1. The van der Waals surface area contributed by atoms with Gasteiger partial charge in [0.15, 0.2) is 5.92 Å². The maximum atomic E-state index is 11.9. The predicted octanol–water partition coefficient (Wildman–Crippen LogP) is 3.58. The van der Waals surface area contributed by atoms with Crippen LogP contribution in [0.5, 0.6) is 0 Å². The number of carbonyl (C=O) groups excluding carboxylic acids is 1. The zero-order valence-electron chi connectivity index (χ0n) is 11.4. The molecule has 0 saturated heterocycles. The van der Waals surface area contributed by atoms with Gasteiger partial charge in [0.05, 0.1) is 0 Å². The van der Waals surface area contributed by atoms with Crippen LogP contribution in [0, 0.1) is 5.92 Å². The van der Waals surface area contributed by atoms with Gasteiger partial charge < -0.3 is 9.84 Å². The summed E-state index contributed by atoms with van der Waals surface area (Å²) in [6.45, 7) is 5.04. The molecule has 0 fully saturated rings. The molecule has 0 aliphatic heterocycles. The van der Waals surface area contributed by atoms with Gasteiger partial charge in [0, 0.05) is 10.0 Å². The molecule has 0 amide bonds. The van der Waals surface area contributed by atoms with Crippen LogP contribution in [-0.2, 0) is 20.7 Å². The summed E-state index contributed by atoms with van der Waals surface area (Å²) in [5.41, 5.74) is -0.205. The molecule has 0 aromatic heterocycles. The van der Waals surface area contributed by atoms with E-state index in [1.54, 1.807) is 32.9 Å². The molecule has 0 unspecified atom stereocenters. The Morgan fingerprint density at radius 1 is 1.30 bits per heavy atom. The zero-order chi connectivity index (χ0) is 15.5. The fourth-order valence-corrected chi connectivity index (χ4v) is 2.04.